The Morgan fingerprint density at radius 3 is 2.11 bits per heavy atom. The Hall–Kier alpha value is -2.16. The molecule has 0 bridgehead atoms. The molecule has 0 atom stereocenters. The molecule has 0 aliphatic carbocycles. The molecule has 1 aromatic carbocycles. The molecule has 0 aliphatic rings. The third-order valence-electron chi connectivity index (χ3n) is 2.63. The lowest BCUT2D eigenvalue weighted by Crippen LogP contribution is -2.07. The lowest BCUT2D eigenvalue weighted by Gasteiger charge is -2.11. The maximum Gasteiger partial charge on any atom is 0.212 e. The molecule has 3 heteroatoms. The predicted octanol–water partition coefficient (Wildman–Crippen LogP) is 3.46. The van der Waals surface area contributed by atoms with Crippen molar-refractivity contribution in [2.45, 2.75) is 0 Å². The van der Waals surface area contributed by atoms with Crippen LogP contribution in [0.4, 0.5) is 10.1 Å². The standard InChI is InChI=1S/C15H15FN2/c1-18(2)14-8-5-12(6-9-14)3-4-13-7-10-15(16)17-11-13/h3-11H,1-2H3/b4-3+/i16-1. The van der Waals surface area contributed by atoms with Crippen molar-refractivity contribution in [2.75, 3.05) is 19.0 Å². The van der Waals surface area contributed by atoms with Crippen LogP contribution in [-0.4, -0.2) is 19.1 Å². The van der Waals surface area contributed by atoms with Gasteiger partial charge in [-0.25, -0.2) is 4.98 Å². The van der Waals surface area contributed by atoms with Crippen LogP contribution in [0.5, 0.6) is 0 Å². The van der Waals surface area contributed by atoms with Crippen molar-refractivity contribution in [3.8, 4) is 0 Å². The van der Waals surface area contributed by atoms with E-state index in [2.05, 4.69) is 22.0 Å². The molecule has 92 valence electrons. The minimum Gasteiger partial charge on any atom is -0.378 e. The maximum absolute atomic E-state index is 12.6. The van der Waals surface area contributed by atoms with Crippen LogP contribution in [-0.2, 0) is 0 Å². The van der Waals surface area contributed by atoms with Gasteiger partial charge in [0.1, 0.15) is 0 Å². The van der Waals surface area contributed by atoms with Crippen molar-refractivity contribution >= 4 is 17.8 Å². The van der Waals surface area contributed by atoms with Gasteiger partial charge in [0.2, 0.25) is 5.95 Å². The molecule has 0 N–H and O–H groups in total. The largest absolute Gasteiger partial charge is 0.378 e. The molecule has 1 aromatic heterocycles. The molecule has 2 nitrogen and oxygen atoms in total. The predicted molar refractivity (Wildman–Crippen MR) is 73.9 cm³/mol. The van der Waals surface area contributed by atoms with Gasteiger partial charge in [-0.15, -0.1) is 0 Å². The smallest absolute Gasteiger partial charge is 0.212 e. The van der Waals surface area contributed by atoms with Gasteiger partial charge in [0, 0.05) is 26.0 Å². The summed E-state index contributed by atoms with van der Waals surface area (Å²) in [5.74, 6) is -0.456. The average molecular weight is 241 g/mol. The summed E-state index contributed by atoms with van der Waals surface area (Å²) >= 11 is 0. The number of hydrogen-bond donors (Lipinski definition) is 0. The number of pyridine rings is 1. The van der Waals surface area contributed by atoms with E-state index >= 15 is 0 Å². The van der Waals surface area contributed by atoms with Gasteiger partial charge in [0.15, 0.2) is 0 Å². The highest BCUT2D eigenvalue weighted by atomic mass is 18.2. The van der Waals surface area contributed by atoms with E-state index < -0.39 is 5.95 Å². The van der Waals surface area contributed by atoms with Gasteiger partial charge in [-0.1, -0.05) is 24.3 Å². The molecular formula is C15H15FN2. The summed E-state index contributed by atoms with van der Waals surface area (Å²) in [6.07, 6.45) is 5.41. The average Bonchev–Trinajstić information content (AvgIpc) is 2.38. The van der Waals surface area contributed by atoms with E-state index in [0.29, 0.717) is 0 Å². The third-order valence-corrected chi connectivity index (χ3v) is 2.63. The zero-order chi connectivity index (χ0) is 13.0. The van der Waals surface area contributed by atoms with Gasteiger partial charge >= 0.3 is 0 Å². The fraction of sp³-hybridized carbons (Fsp3) is 0.133. The molecule has 0 spiro atoms. The Labute approximate surface area is 106 Å². The first-order valence-corrected chi connectivity index (χ1v) is 5.72. The van der Waals surface area contributed by atoms with Crippen LogP contribution >= 0.6 is 0 Å². The van der Waals surface area contributed by atoms with Crippen LogP contribution in [0.1, 0.15) is 11.1 Å². The first-order valence-electron chi connectivity index (χ1n) is 5.72. The van der Waals surface area contributed by atoms with Gasteiger partial charge in [-0.2, -0.15) is 4.39 Å². The van der Waals surface area contributed by atoms with Gasteiger partial charge in [0.05, 0.1) is 0 Å². The van der Waals surface area contributed by atoms with Crippen molar-refractivity contribution in [1.82, 2.24) is 4.98 Å². The number of aromatic nitrogens is 1. The van der Waals surface area contributed by atoms with Crippen molar-refractivity contribution in [1.29, 1.82) is 0 Å². The van der Waals surface area contributed by atoms with E-state index in [9.17, 15) is 4.39 Å². The summed E-state index contributed by atoms with van der Waals surface area (Å²) in [7, 11) is 4.02. The van der Waals surface area contributed by atoms with Crippen molar-refractivity contribution < 1.29 is 4.39 Å². The van der Waals surface area contributed by atoms with E-state index in [1.807, 2.05) is 38.4 Å². The van der Waals surface area contributed by atoms with Crippen LogP contribution in [0.3, 0.4) is 0 Å². The Balaban J connectivity index is 2.11. The second-order valence-corrected chi connectivity index (χ2v) is 4.23. The lowest BCUT2D eigenvalue weighted by atomic mass is 10.1. The summed E-state index contributed by atoms with van der Waals surface area (Å²) < 4.78 is 12.6. The number of rotatable bonds is 3. The van der Waals surface area contributed by atoms with E-state index in [4.69, 9.17) is 0 Å². The number of hydrogen-bond acceptors (Lipinski definition) is 2. The molecule has 0 fully saturated rings. The number of anilines is 1. The normalized spacial score (nSPS) is 10.8. The van der Waals surface area contributed by atoms with Gasteiger partial charge in [-0.3, -0.25) is 0 Å². The summed E-state index contributed by atoms with van der Waals surface area (Å²) in [5.41, 5.74) is 3.15. The Kier molecular flexibility index (Phi) is 3.72. The zero-order valence-electron chi connectivity index (χ0n) is 10.5. The minimum absolute atomic E-state index is 0.456. The molecule has 0 saturated heterocycles. The van der Waals surface area contributed by atoms with E-state index in [-0.39, 0.29) is 0 Å². The minimum atomic E-state index is -0.456. The quantitative estimate of drug-likeness (QED) is 0.765. The highest BCUT2D eigenvalue weighted by molar-refractivity contribution is 5.70. The lowest BCUT2D eigenvalue weighted by molar-refractivity contribution is 0.583. The summed E-state index contributed by atoms with van der Waals surface area (Å²) in [5, 5.41) is 0. The topological polar surface area (TPSA) is 16.1 Å². The highest BCUT2D eigenvalue weighted by Gasteiger charge is 1.94. The van der Waals surface area contributed by atoms with Gasteiger partial charge in [0.25, 0.3) is 0 Å². The highest BCUT2D eigenvalue weighted by Crippen LogP contribution is 2.14. The van der Waals surface area contributed by atoms with Crippen LogP contribution in [0, 0.1) is 5.95 Å². The SMILES string of the molecule is CN(C)c1ccc(/C=C/c2ccc([18F])nc2)cc1. The fourth-order valence-electron chi connectivity index (χ4n) is 1.56. The van der Waals surface area contributed by atoms with Crippen molar-refractivity contribution in [3.05, 3.63) is 59.7 Å². The number of halogens is 1. The second kappa shape index (κ2) is 5.45. The van der Waals surface area contributed by atoms with Crippen LogP contribution in [0.2, 0.25) is 0 Å². The van der Waals surface area contributed by atoms with Gasteiger partial charge < -0.3 is 4.90 Å². The van der Waals surface area contributed by atoms with Crippen LogP contribution in [0.15, 0.2) is 42.6 Å². The molecule has 0 aliphatic heterocycles. The molecule has 0 saturated carbocycles. The van der Waals surface area contributed by atoms with Crippen LogP contribution < -0.4 is 4.90 Å². The molecular weight excluding hydrogens is 226 g/mol. The van der Waals surface area contributed by atoms with Crippen molar-refractivity contribution in [3.63, 3.8) is 0 Å². The zero-order valence-corrected chi connectivity index (χ0v) is 10.5. The first kappa shape index (κ1) is 12.3. The monoisotopic (exact) mass is 241 g/mol. The Morgan fingerprint density at radius 1 is 0.944 bits per heavy atom. The molecule has 0 radical (unpaired) electrons. The fourth-order valence-corrected chi connectivity index (χ4v) is 1.56. The van der Waals surface area contributed by atoms with Gasteiger partial charge in [-0.05, 0) is 35.4 Å². The number of benzene rings is 1. The molecule has 1 heterocycles. The second-order valence-electron chi connectivity index (χ2n) is 4.23. The summed E-state index contributed by atoms with van der Waals surface area (Å²) in [4.78, 5) is 5.66. The maximum atomic E-state index is 12.6. The van der Waals surface area contributed by atoms with E-state index in [1.54, 1.807) is 6.07 Å². The van der Waals surface area contributed by atoms with Crippen LogP contribution in [0.25, 0.3) is 12.2 Å². The summed E-state index contributed by atoms with van der Waals surface area (Å²) in [6.45, 7) is 0. The van der Waals surface area contributed by atoms with Crippen molar-refractivity contribution in [2.24, 2.45) is 0 Å². The Bertz CT molecular complexity index is 527. The summed E-state index contributed by atoms with van der Waals surface area (Å²) in [6, 6.07) is 11.3. The molecule has 18 heavy (non-hydrogen) atoms. The molecule has 2 aromatic rings. The molecule has 0 unspecified atom stereocenters. The molecule has 2 rings (SSSR count). The third kappa shape index (κ3) is 3.17. The first-order chi connectivity index (χ1) is 8.65. The van der Waals surface area contributed by atoms with E-state index in [0.717, 1.165) is 16.8 Å². The number of nitrogens with zero attached hydrogens (tertiary/aromatic N) is 2. The van der Waals surface area contributed by atoms with E-state index in [1.165, 1.54) is 12.3 Å². The Morgan fingerprint density at radius 2 is 1.56 bits per heavy atom. The molecule has 0 amide bonds.